The fourth-order valence-corrected chi connectivity index (χ4v) is 3.80. The minimum Gasteiger partial charge on any atom is -0.497 e. The Hall–Kier alpha value is -3.24. The van der Waals surface area contributed by atoms with E-state index in [0.29, 0.717) is 28.3 Å². The number of hydrogen-bond acceptors (Lipinski definition) is 4. The van der Waals surface area contributed by atoms with Gasteiger partial charge < -0.3 is 14.9 Å². The van der Waals surface area contributed by atoms with Crippen LogP contribution in [0.15, 0.2) is 69.9 Å². The molecular weight excluding hydrogens is 386 g/mol. The molecule has 0 amide bonds. The van der Waals surface area contributed by atoms with Gasteiger partial charge in [-0.3, -0.25) is 0 Å². The van der Waals surface area contributed by atoms with Crippen molar-refractivity contribution in [2.24, 2.45) is 0 Å². The highest BCUT2D eigenvalue weighted by molar-refractivity contribution is 6.34. The number of benzene rings is 3. The lowest BCUT2D eigenvalue weighted by molar-refractivity contribution is 0.415. The first-order chi connectivity index (χ1) is 14.0. The fourth-order valence-electron chi connectivity index (χ4n) is 3.53. The molecular formula is C24H20ClNO3. The second kappa shape index (κ2) is 7.64. The molecule has 5 heteroatoms. The van der Waals surface area contributed by atoms with E-state index < -0.39 is 0 Å². The number of rotatable bonds is 4. The zero-order chi connectivity index (χ0) is 20.5. The Morgan fingerprint density at radius 1 is 1.07 bits per heavy atom. The number of ether oxygens (including phenoxy) is 1. The predicted molar refractivity (Wildman–Crippen MR) is 118 cm³/mol. The molecule has 1 heterocycles. The van der Waals surface area contributed by atoms with E-state index in [4.69, 9.17) is 26.5 Å². The molecule has 146 valence electrons. The van der Waals surface area contributed by atoms with Crippen LogP contribution >= 0.6 is 11.6 Å². The van der Waals surface area contributed by atoms with Crippen molar-refractivity contribution >= 4 is 28.3 Å². The average Bonchev–Trinajstić information content (AvgIpc) is 2.71. The molecule has 4 aromatic rings. The fraction of sp³-hybridized carbons (Fsp3) is 0.125. The zero-order valence-corrected chi connectivity index (χ0v) is 16.9. The van der Waals surface area contributed by atoms with Crippen LogP contribution in [0.2, 0.25) is 5.02 Å². The van der Waals surface area contributed by atoms with Crippen LogP contribution in [-0.2, 0) is 6.42 Å². The Morgan fingerprint density at radius 3 is 2.62 bits per heavy atom. The summed E-state index contributed by atoms with van der Waals surface area (Å²) in [5.41, 5.74) is 10.8. The molecule has 3 aromatic carbocycles. The summed E-state index contributed by atoms with van der Waals surface area (Å²) in [7, 11) is 1.62. The van der Waals surface area contributed by atoms with E-state index in [-0.39, 0.29) is 5.63 Å². The Morgan fingerprint density at radius 2 is 1.86 bits per heavy atom. The van der Waals surface area contributed by atoms with E-state index in [1.807, 2.05) is 67.6 Å². The molecule has 0 aliphatic carbocycles. The molecule has 29 heavy (non-hydrogen) atoms. The van der Waals surface area contributed by atoms with Gasteiger partial charge in [0.25, 0.3) is 0 Å². The average molecular weight is 406 g/mol. The van der Waals surface area contributed by atoms with Gasteiger partial charge in [-0.15, -0.1) is 0 Å². The monoisotopic (exact) mass is 405 g/mol. The van der Waals surface area contributed by atoms with Crippen LogP contribution in [0.1, 0.15) is 16.7 Å². The van der Waals surface area contributed by atoms with Crippen LogP contribution < -0.4 is 16.1 Å². The maximum absolute atomic E-state index is 12.7. The summed E-state index contributed by atoms with van der Waals surface area (Å²) in [6, 6.07) is 18.8. The van der Waals surface area contributed by atoms with Crippen molar-refractivity contribution in [2.45, 2.75) is 13.3 Å². The largest absolute Gasteiger partial charge is 0.497 e. The number of halogens is 1. The molecule has 0 radical (unpaired) electrons. The molecule has 2 N–H and O–H groups in total. The molecule has 4 nitrogen and oxygen atoms in total. The normalized spacial score (nSPS) is 11.0. The molecule has 0 unspecified atom stereocenters. The smallest absolute Gasteiger partial charge is 0.340 e. The van der Waals surface area contributed by atoms with Crippen molar-refractivity contribution in [3.63, 3.8) is 0 Å². The molecule has 0 bridgehead atoms. The maximum Gasteiger partial charge on any atom is 0.340 e. The van der Waals surface area contributed by atoms with Crippen LogP contribution in [0.4, 0.5) is 5.69 Å². The second-order valence-electron chi connectivity index (χ2n) is 6.98. The summed E-state index contributed by atoms with van der Waals surface area (Å²) < 4.78 is 11.0. The van der Waals surface area contributed by atoms with Gasteiger partial charge in [0, 0.05) is 33.6 Å². The van der Waals surface area contributed by atoms with E-state index in [0.717, 1.165) is 33.4 Å². The molecule has 0 saturated carbocycles. The van der Waals surface area contributed by atoms with Crippen LogP contribution in [0.25, 0.3) is 22.1 Å². The quantitative estimate of drug-likeness (QED) is 0.354. The highest BCUT2D eigenvalue weighted by Crippen LogP contribution is 2.35. The van der Waals surface area contributed by atoms with Crippen LogP contribution in [0.5, 0.6) is 5.75 Å². The van der Waals surface area contributed by atoms with E-state index >= 15 is 0 Å². The first kappa shape index (κ1) is 19.1. The lowest BCUT2D eigenvalue weighted by Crippen LogP contribution is -2.11. The summed E-state index contributed by atoms with van der Waals surface area (Å²) in [5.74, 6) is 0.730. The van der Waals surface area contributed by atoms with Gasteiger partial charge in [-0.2, -0.15) is 0 Å². The van der Waals surface area contributed by atoms with Crippen molar-refractivity contribution < 1.29 is 9.15 Å². The highest BCUT2D eigenvalue weighted by Gasteiger charge is 2.15. The van der Waals surface area contributed by atoms with E-state index in [9.17, 15) is 4.79 Å². The minimum atomic E-state index is -0.351. The van der Waals surface area contributed by atoms with Crippen molar-refractivity contribution in [1.29, 1.82) is 0 Å². The number of nitrogen functional groups attached to an aromatic ring is 1. The lowest BCUT2D eigenvalue weighted by atomic mass is 9.97. The van der Waals surface area contributed by atoms with Gasteiger partial charge in [0.2, 0.25) is 0 Å². The van der Waals surface area contributed by atoms with E-state index in [1.165, 1.54) is 0 Å². The van der Waals surface area contributed by atoms with E-state index in [1.54, 1.807) is 7.11 Å². The second-order valence-corrected chi connectivity index (χ2v) is 7.38. The predicted octanol–water partition coefficient (Wildman–Crippen LogP) is 5.60. The zero-order valence-electron chi connectivity index (χ0n) is 16.2. The van der Waals surface area contributed by atoms with Gasteiger partial charge in [0.1, 0.15) is 11.3 Å². The van der Waals surface area contributed by atoms with Crippen molar-refractivity contribution in [3.8, 4) is 16.9 Å². The lowest BCUT2D eigenvalue weighted by Gasteiger charge is -2.12. The molecule has 0 fully saturated rings. The molecule has 1 aromatic heterocycles. The van der Waals surface area contributed by atoms with Crippen LogP contribution in [0.3, 0.4) is 0 Å². The third-order valence-electron chi connectivity index (χ3n) is 5.09. The topological polar surface area (TPSA) is 65.5 Å². The SMILES string of the molecule is COc1cccc(-c2cc3oc(=O)c(Cc4cccc(N)c4)c(C)c3cc2Cl)c1. The van der Waals surface area contributed by atoms with Crippen molar-refractivity contribution in [1.82, 2.24) is 0 Å². The van der Waals surface area contributed by atoms with E-state index in [2.05, 4.69) is 0 Å². The Labute approximate surface area is 173 Å². The van der Waals surface area contributed by atoms with Crippen LogP contribution in [-0.4, -0.2) is 7.11 Å². The number of fused-ring (bicyclic) bond motifs is 1. The van der Waals surface area contributed by atoms with Gasteiger partial charge >= 0.3 is 5.63 Å². The van der Waals surface area contributed by atoms with Crippen LogP contribution in [0, 0.1) is 6.92 Å². The molecule has 0 aliphatic rings. The maximum atomic E-state index is 12.7. The Bertz CT molecular complexity index is 1280. The first-order valence-corrected chi connectivity index (χ1v) is 9.58. The van der Waals surface area contributed by atoms with Gasteiger partial charge in [0.15, 0.2) is 0 Å². The molecule has 4 rings (SSSR count). The number of nitrogens with two attached hydrogens (primary N) is 1. The number of aryl methyl sites for hydroxylation is 1. The summed E-state index contributed by atoms with van der Waals surface area (Å²) in [5, 5.41) is 1.40. The molecule has 0 aliphatic heterocycles. The molecule has 0 saturated heterocycles. The van der Waals surface area contributed by atoms with Gasteiger partial charge in [-0.1, -0.05) is 35.9 Å². The Kier molecular flexibility index (Phi) is 5.03. The number of hydrogen-bond donors (Lipinski definition) is 1. The minimum absolute atomic E-state index is 0.351. The van der Waals surface area contributed by atoms with Gasteiger partial charge in [-0.05, 0) is 60.0 Å². The van der Waals surface area contributed by atoms with Crippen molar-refractivity contribution in [2.75, 3.05) is 12.8 Å². The summed E-state index contributed by atoms with van der Waals surface area (Å²) in [4.78, 5) is 12.7. The summed E-state index contributed by atoms with van der Waals surface area (Å²) >= 11 is 6.60. The Balaban J connectivity index is 1.84. The third-order valence-corrected chi connectivity index (χ3v) is 5.40. The summed E-state index contributed by atoms with van der Waals surface area (Å²) in [6.45, 7) is 1.92. The summed E-state index contributed by atoms with van der Waals surface area (Å²) in [6.07, 6.45) is 0.449. The number of methoxy groups -OCH3 is 1. The van der Waals surface area contributed by atoms with Gasteiger partial charge in [0.05, 0.1) is 7.11 Å². The third kappa shape index (κ3) is 3.71. The number of anilines is 1. The molecule has 0 atom stereocenters. The van der Waals surface area contributed by atoms with Gasteiger partial charge in [-0.25, -0.2) is 4.79 Å². The highest BCUT2D eigenvalue weighted by atomic mass is 35.5. The first-order valence-electron chi connectivity index (χ1n) is 9.21. The molecule has 0 spiro atoms. The standard InChI is InChI=1S/C24H20ClNO3/c1-14-19-12-22(25)21(16-6-4-8-18(11-16)28-2)13-23(19)29-24(27)20(14)10-15-5-3-7-17(26)9-15/h3-9,11-13H,10,26H2,1-2H3. The van der Waals surface area contributed by atoms with Crippen molar-refractivity contribution in [3.05, 3.63) is 92.8 Å².